The van der Waals surface area contributed by atoms with Crippen LogP contribution in [0.1, 0.15) is 23.7 Å². The molecule has 92 valence electrons. The topological polar surface area (TPSA) is 72.3 Å². The van der Waals surface area contributed by atoms with Crippen molar-refractivity contribution < 1.29 is 4.79 Å². The Morgan fingerprint density at radius 2 is 2.00 bits per heavy atom. The van der Waals surface area contributed by atoms with Crippen LogP contribution in [0.2, 0.25) is 0 Å². The number of benzene rings is 1. The maximum atomic E-state index is 11.0. The first-order chi connectivity index (χ1) is 8.08. The molecule has 4 heteroatoms. The third-order valence-corrected chi connectivity index (χ3v) is 3.53. The van der Waals surface area contributed by atoms with E-state index in [1.807, 2.05) is 12.1 Å². The van der Waals surface area contributed by atoms with Gasteiger partial charge in [-0.3, -0.25) is 4.79 Å². The predicted octanol–water partition coefficient (Wildman–Crippen LogP) is 0.959. The van der Waals surface area contributed by atoms with Crippen LogP contribution in [0.5, 0.6) is 0 Å². The monoisotopic (exact) mass is 233 g/mol. The van der Waals surface area contributed by atoms with E-state index in [4.69, 9.17) is 11.5 Å². The molecule has 1 aromatic rings. The fourth-order valence-electron chi connectivity index (χ4n) is 2.17. The molecule has 2 unspecified atom stereocenters. The minimum atomic E-state index is -0.388. The molecule has 1 aromatic carbocycles. The molecule has 4 N–H and O–H groups in total. The zero-order valence-electron chi connectivity index (χ0n) is 10.1. The van der Waals surface area contributed by atoms with Crippen molar-refractivity contribution >= 4 is 11.6 Å². The van der Waals surface area contributed by atoms with Crippen molar-refractivity contribution in [3.05, 3.63) is 29.8 Å². The summed E-state index contributed by atoms with van der Waals surface area (Å²) in [5, 5.41) is 0. The summed E-state index contributed by atoms with van der Waals surface area (Å²) in [7, 11) is 0. The smallest absolute Gasteiger partial charge is 0.248 e. The first kappa shape index (κ1) is 11.9. The first-order valence-electron chi connectivity index (χ1n) is 5.98. The van der Waals surface area contributed by atoms with Crippen LogP contribution < -0.4 is 16.4 Å². The van der Waals surface area contributed by atoms with E-state index in [2.05, 4.69) is 11.8 Å². The zero-order valence-corrected chi connectivity index (χ0v) is 10.1. The fourth-order valence-corrected chi connectivity index (χ4v) is 2.17. The Bertz CT molecular complexity index is 402. The number of anilines is 1. The molecule has 1 aliphatic heterocycles. The Hall–Kier alpha value is -1.55. The first-order valence-corrected chi connectivity index (χ1v) is 5.98. The number of rotatable bonds is 2. The highest BCUT2D eigenvalue weighted by Crippen LogP contribution is 2.22. The summed E-state index contributed by atoms with van der Waals surface area (Å²) in [6.07, 6.45) is 1.11. The summed E-state index contributed by atoms with van der Waals surface area (Å²) in [5.41, 5.74) is 12.9. The number of hydrogen-bond donors (Lipinski definition) is 2. The molecule has 0 aliphatic carbocycles. The molecule has 0 bridgehead atoms. The van der Waals surface area contributed by atoms with Gasteiger partial charge in [-0.2, -0.15) is 0 Å². The van der Waals surface area contributed by atoms with Crippen molar-refractivity contribution in [1.29, 1.82) is 0 Å². The average molecular weight is 233 g/mol. The van der Waals surface area contributed by atoms with E-state index in [1.54, 1.807) is 12.1 Å². The van der Waals surface area contributed by atoms with E-state index in [9.17, 15) is 4.79 Å². The van der Waals surface area contributed by atoms with Crippen LogP contribution in [0.4, 0.5) is 5.69 Å². The molecular formula is C13H19N3O. The van der Waals surface area contributed by atoms with Crippen LogP contribution in [-0.2, 0) is 0 Å². The minimum Gasteiger partial charge on any atom is -0.370 e. The second-order valence-electron chi connectivity index (χ2n) is 4.79. The number of carbonyl (C=O) groups is 1. The summed E-state index contributed by atoms with van der Waals surface area (Å²) in [4.78, 5) is 13.2. The van der Waals surface area contributed by atoms with Crippen molar-refractivity contribution in [3.8, 4) is 0 Å². The lowest BCUT2D eigenvalue weighted by molar-refractivity contribution is 0.100. The molecule has 0 aromatic heterocycles. The van der Waals surface area contributed by atoms with Gasteiger partial charge in [-0.1, -0.05) is 6.92 Å². The molecule has 2 atom stereocenters. The van der Waals surface area contributed by atoms with Gasteiger partial charge >= 0.3 is 0 Å². The van der Waals surface area contributed by atoms with E-state index in [0.717, 1.165) is 25.2 Å². The molecule has 1 aliphatic rings. The van der Waals surface area contributed by atoms with E-state index >= 15 is 0 Å². The SMILES string of the molecule is CC1CCN(c2ccc(C(N)=O)cc2)CC1N. The van der Waals surface area contributed by atoms with Crippen molar-refractivity contribution in [2.24, 2.45) is 17.4 Å². The highest BCUT2D eigenvalue weighted by molar-refractivity contribution is 5.93. The van der Waals surface area contributed by atoms with E-state index < -0.39 is 0 Å². The molecule has 0 saturated carbocycles. The van der Waals surface area contributed by atoms with Gasteiger partial charge in [0.2, 0.25) is 5.91 Å². The average Bonchev–Trinajstić information content (AvgIpc) is 2.33. The van der Waals surface area contributed by atoms with Crippen LogP contribution >= 0.6 is 0 Å². The summed E-state index contributed by atoms with van der Waals surface area (Å²) in [6.45, 7) is 4.08. The van der Waals surface area contributed by atoms with E-state index in [-0.39, 0.29) is 11.9 Å². The quantitative estimate of drug-likeness (QED) is 0.799. The number of hydrogen-bond acceptors (Lipinski definition) is 3. The van der Waals surface area contributed by atoms with E-state index in [1.165, 1.54) is 0 Å². The van der Waals surface area contributed by atoms with Gasteiger partial charge in [-0.05, 0) is 36.6 Å². The molecular weight excluding hydrogens is 214 g/mol. The van der Waals surface area contributed by atoms with Crippen LogP contribution in [0.3, 0.4) is 0 Å². The predicted molar refractivity (Wildman–Crippen MR) is 68.9 cm³/mol. The number of piperidine rings is 1. The molecule has 0 radical (unpaired) electrons. The Labute approximate surface area is 102 Å². The van der Waals surface area contributed by atoms with Crippen molar-refractivity contribution in [2.45, 2.75) is 19.4 Å². The minimum absolute atomic E-state index is 0.222. The molecule has 17 heavy (non-hydrogen) atoms. The molecule has 0 spiro atoms. The van der Waals surface area contributed by atoms with Gasteiger partial charge in [0.25, 0.3) is 0 Å². The second-order valence-corrected chi connectivity index (χ2v) is 4.79. The summed E-state index contributed by atoms with van der Waals surface area (Å²) in [6, 6.07) is 7.62. The van der Waals surface area contributed by atoms with Crippen LogP contribution in [0, 0.1) is 5.92 Å². The van der Waals surface area contributed by atoms with Gasteiger partial charge < -0.3 is 16.4 Å². The zero-order chi connectivity index (χ0) is 12.4. The number of primary amides is 1. The molecule has 1 heterocycles. The third kappa shape index (κ3) is 2.58. The second kappa shape index (κ2) is 4.75. The molecule has 1 amide bonds. The van der Waals surface area contributed by atoms with Crippen LogP contribution in [0.15, 0.2) is 24.3 Å². The third-order valence-electron chi connectivity index (χ3n) is 3.53. The van der Waals surface area contributed by atoms with Crippen molar-refractivity contribution in [3.63, 3.8) is 0 Å². The lowest BCUT2D eigenvalue weighted by Crippen LogP contribution is -2.47. The van der Waals surface area contributed by atoms with Gasteiger partial charge in [0.05, 0.1) is 0 Å². The lowest BCUT2D eigenvalue weighted by atomic mass is 9.94. The molecule has 4 nitrogen and oxygen atoms in total. The van der Waals surface area contributed by atoms with Crippen LogP contribution in [0.25, 0.3) is 0 Å². The Morgan fingerprint density at radius 1 is 1.35 bits per heavy atom. The summed E-state index contributed by atoms with van der Waals surface area (Å²) >= 11 is 0. The van der Waals surface area contributed by atoms with Crippen molar-refractivity contribution in [2.75, 3.05) is 18.0 Å². The summed E-state index contributed by atoms with van der Waals surface area (Å²) < 4.78 is 0. The largest absolute Gasteiger partial charge is 0.370 e. The van der Waals surface area contributed by atoms with Gasteiger partial charge in [-0.25, -0.2) is 0 Å². The Balaban J connectivity index is 2.10. The lowest BCUT2D eigenvalue weighted by Gasteiger charge is -2.36. The molecule has 1 fully saturated rings. The highest BCUT2D eigenvalue weighted by Gasteiger charge is 2.23. The van der Waals surface area contributed by atoms with E-state index in [0.29, 0.717) is 11.5 Å². The maximum Gasteiger partial charge on any atom is 0.248 e. The Morgan fingerprint density at radius 3 is 2.53 bits per heavy atom. The number of nitrogens with zero attached hydrogens (tertiary/aromatic N) is 1. The van der Waals surface area contributed by atoms with Crippen molar-refractivity contribution in [1.82, 2.24) is 0 Å². The van der Waals surface area contributed by atoms with Gasteiger partial charge in [0.1, 0.15) is 0 Å². The normalized spacial score (nSPS) is 24.7. The van der Waals surface area contributed by atoms with Gasteiger partial charge in [0, 0.05) is 30.4 Å². The molecule has 1 saturated heterocycles. The fraction of sp³-hybridized carbons (Fsp3) is 0.462. The Kier molecular flexibility index (Phi) is 3.33. The van der Waals surface area contributed by atoms with Crippen LogP contribution in [-0.4, -0.2) is 25.0 Å². The van der Waals surface area contributed by atoms with Gasteiger partial charge in [0.15, 0.2) is 0 Å². The maximum absolute atomic E-state index is 11.0. The molecule has 2 rings (SSSR count). The number of nitrogens with two attached hydrogens (primary N) is 2. The number of amides is 1. The van der Waals surface area contributed by atoms with Gasteiger partial charge in [-0.15, -0.1) is 0 Å². The highest BCUT2D eigenvalue weighted by atomic mass is 16.1. The summed E-state index contributed by atoms with van der Waals surface area (Å²) in [5.74, 6) is 0.191. The number of carbonyl (C=O) groups excluding carboxylic acids is 1. The standard InChI is InChI=1S/C13H19N3O/c1-9-6-7-16(8-12(9)14)11-4-2-10(3-5-11)13(15)17/h2-5,9,12H,6-8,14H2,1H3,(H2,15,17).